The minimum Gasteiger partial charge on any atom is -0.302 e. The maximum absolute atomic E-state index is 13.2. The number of sulfonamides is 1. The Labute approximate surface area is 210 Å². The van der Waals surface area contributed by atoms with Gasteiger partial charge in [-0.25, -0.2) is 21.8 Å². The predicted molar refractivity (Wildman–Crippen MR) is 137 cm³/mol. The van der Waals surface area contributed by atoms with Gasteiger partial charge in [-0.15, -0.1) is 11.3 Å². The molecule has 186 valence electrons. The average Bonchev–Trinajstić information content (AvgIpc) is 3.26. The fourth-order valence-electron chi connectivity index (χ4n) is 4.23. The molecule has 2 aromatic carbocycles. The molecule has 0 atom stereocenters. The van der Waals surface area contributed by atoms with Gasteiger partial charge in [0, 0.05) is 36.2 Å². The number of rotatable bonds is 6. The van der Waals surface area contributed by atoms with Crippen LogP contribution in [0.3, 0.4) is 0 Å². The number of thiazole rings is 1. The first kappa shape index (κ1) is 25.5. The highest BCUT2D eigenvalue weighted by Crippen LogP contribution is 2.31. The lowest BCUT2D eigenvalue weighted by molar-refractivity contribution is -0.120. The zero-order valence-corrected chi connectivity index (χ0v) is 22.1. The van der Waals surface area contributed by atoms with Crippen molar-refractivity contribution in [3.05, 3.63) is 59.0 Å². The van der Waals surface area contributed by atoms with Crippen molar-refractivity contribution in [1.82, 2.24) is 9.29 Å². The summed E-state index contributed by atoms with van der Waals surface area (Å²) in [6.07, 6.45) is 1.66. The van der Waals surface area contributed by atoms with Crippen molar-refractivity contribution < 1.29 is 21.6 Å². The lowest BCUT2D eigenvalue weighted by Crippen LogP contribution is -2.41. The Morgan fingerprint density at radius 3 is 2.31 bits per heavy atom. The zero-order chi connectivity index (χ0) is 25.4. The molecule has 1 aliphatic heterocycles. The molecular weight excluding hydrogens is 506 g/mol. The van der Waals surface area contributed by atoms with Gasteiger partial charge < -0.3 is 5.32 Å². The largest absolute Gasteiger partial charge is 0.302 e. The molecule has 4 rings (SSSR count). The number of aromatic nitrogens is 1. The van der Waals surface area contributed by atoms with Gasteiger partial charge in [-0.05, 0) is 44.4 Å². The molecule has 35 heavy (non-hydrogen) atoms. The number of nitrogens with one attached hydrogen (secondary N) is 1. The molecule has 2 heterocycles. The highest BCUT2D eigenvalue weighted by molar-refractivity contribution is 7.93. The Morgan fingerprint density at radius 1 is 1.03 bits per heavy atom. The molecule has 1 aliphatic rings. The molecule has 0 spiro atoms. The molecule has 0 unspecified atom stereocenters. The molecule has 1 N–H and O–H groups in total. The number of nitrogens with zero attached hydrogens (tertiary/aromatic N) is 2. The molecule has 0 bridgehead atoms. The summed E-state index contributed by atoms with van der Waals surface area (Å²) in [6, 6.07) is 11.7. The molecule has 0 aliphatic carbocycles. The summed E-state index contributed by atoms with van der Waals surface area (Å²) in [5.74, 6) is -0.555. The maximum atomic E-state index is 13.2. The van der Waals surface area contributed by atoms with Crippen molar-refractivity contribution in [2.45, 2.75) is 36.5 Å². The number of benzene rings is 2. The second-order valence-electron chi connectivity index (χ2n) is 8.74. The van der Waals surface area contributed by atoms with E-state index < -0.39 is 19.9 Å². The van der Waals surface area contributed by atoms with Crippen molar-refractivity contribution in [1.29, 1.82) is 0 Å². The van der Waals surface area contributed by atoms with E-state index in [4.69, 9.17) is 0 Å². The molecule has 0 saturated carbocycles. The van der Waals surface area contributed by atoms with E-state index in [1.807, 2.05) is 31.4 Å². The Morgan fingerprint density at radius 2 is 1.69 bits per heavy atom. The number of hydrogen-bond donors (Lipinski definition) is 1. The van der Waals surface area contributed by atoms with Crippen molar-refractivity contribution in [3.63, 3.8) is 0 Å². The van der Waals surface area contributed by atoms with E-state index in [1.165, 1.54) is 45.5 Å². The van der Waals surface area contributed by atoms with Gasteiger partial charge in [0.1, 0.15) is 4.90 Å². The van der Waals surface area contributed by atoms with Crippen LogP contribution in [0.5, 0.6) is 0 Å². The highest BCUT2D eigenvalue weighted by Gasteiger charge is 2.34. The lowest BCUT2D eigenvalue weighted by Gasteiger charge is -2.30. The summed E-state index contributed by atoms with van der Waals surface area (Å²) in [5, 5.41) is 5.27. The molecule has 1 saturated heterocycles. The van der Waals surface area contributed by atoms with Gasteiger partial charge in [0.2, 0.25) is 15.9 Å². The summed E-state index contributed by atoms with van der Waals surface area (Å²) < 4.78 is 51.7. The predicted octanol–water partition coefficient (Wildman–Crippen LogP) is 3.87. The topological polar surface area (TPSA) is 114 Å². The third-order valence-electron chi connectivity index (χ3n) is 6.08. The fourth-order valence-corrected chi connectivity index (χ4v) is 8.02. The van der Waals surface area contributed by atoms with Crippen LogP contribution in [0.4, 0.5) is 5.13 Å². The standard InChI is InChI=1S/C24H27N3O5S3/c1-16-8-9-19(17(2)14-16)20-15-33-24(25-20)26-23(28)18-10-12-27(13-11-18)35(31,32)22-7-5-4-6-21(22)34(3,29)30/h4-9,14-15,18H,10-13H2,1-3H3,(H,25,26,28). The number of carbonyl (C=O) groups excluding carboxylic acids is 1. The minimum absolute atomic E-state index is 0.129. The van der Waals surface area contributed by atoms with Gasteiger partial charge in [-0.3, -0.25) is 4.79 Å². The van der Waals surface area contributed by atoms with Gasteiger partial charge in [0.15, 0.2) is 15.0 Å². The summed E-state index contributed by atoms with van der Waals surface area (Å²) in [7, 11) is -7.72. The van der Waals surface area contributed by atoms with Crippen LogP contribution < -0.4 is 5.32 Å². The minimum atomic E-state index is -4.01. The second kappa shape index (κ2) is 9.81. The van der Waals surface area contributed by atoms with Gasteiger partial charge in [0.05, 0.1) is 10.6 Å². The van der Waals surface area contributed by atoms with E-state index in [-0.39, 0.29) is 34.7 Å². The molecule has 1 amide bonds. The van der Waals surface area contributed by atoms with Gasteiger partial charge in [0.25, 0.3) is 0 Å². The van der Waals surface area contributed by atoms with Crippen LogP contribution in [-0.2, 0) is 24.7 Å². The van der Waals surface area contributed by atoms with Crippen molar-refractivity contribution in [2.24, 2.45) is 5.92 Å². The number of hydrogen-bond acceptors (Lipinski definition) is 7. The number of carbonyl (C=O) groups is 1. The molecule has 0 radical (unpaired) electrons. The Kier molecular flexibility index (Phi) is 7.14. The van der Waals surface area contributed by atoms with E-state index in [2.05, 4.69) is 16.4 Å². The number of sulfone groups is 1. The monoisotopic (exact) mass is 533 g/mol. The Hall–Kier alpha value is -2.60. The van der Waals surface area contributed by atoms with E-state index >= 15 is 0 Å². The molecule has 1 aromatic heterocycles. The highest BCUT2D eigenvalue weighted by atomic mass is 32.2. The average molecular weight is 534 g/mol. The normalized spacial score (nSPS) is 15.7. The number of aryl methyl sites for hydroxylation is 2. The SMILES string of the molecule is Cc1ccc(-c2csc(NC(=O)C3CCN(S(=O)(=O)c4ccccc4S(C)(=O)=O)CC3)n2)c(C)c1. The van der Waals surface area contributed by atoms with Crippen LogP contribution in [-0.4, -0.2) is 51.4 Å². The van der Waals surface area contributed by atoms with Crippen LogP contribution in [0.25, 0.3) is 11.3 Å². The van der Waals surface area contributed by atoms with E-state index in [0.717, 1.165) is 23.1 Å². The fraction of sp³-hybridized carbons (Fsp3) is 0.333. The maximum Gasteiger partial charge on any atom is 0.244 e. The first-order chi connectivity index (χ1) is 16.5. The zero-order valence-electron chi connectivity index (χ0n) is 19.7. The first-order valence-corrected chi connectivity index (χ1v) is 15.3. The van der Waals surface area contributed by atoms with E-state index in [1.54, 1.807) is 0 Å². The molecule has 8 nitrogen and oxygen atoms in total. The second-order valence-corrected chi connectivity index (χ2v) is 13.5. The quantitative estimate of drug-likeness (QED) is 0.515. The first-order valence-electron chi connectivity index (χ1n) is 11.1. The van der Waals surface area contributed by atoms with Crippen molar-refractivity contribution >= 4 is 42.2 Å². The number of piperidine rings is 1. The number of amides is 1. The molecule has 1 fully saturated rings. The van der Waals surface area contributed by atoms with Crippen molar-refractivity contribution in [2.75, 3.05) is 24.7 Å². The third kappa shape index (κ3) is 5.48. The van der Waals surface area contributed by atoms with Crippen LogP contribution in [0.2, 0.25) is 0 Å². The molecule has 11 heteroatoms. The summed E-state index contributed by atoms with van der Waals surface area (Å²) >= 11 is 1.35. The van der Waals surface area contributed by atoms with E-state index in [9.17, 15) is 21.6 Å². The van der Waals surface area contributed by atoms with Gasteiger partial charge in [-0.2, -0.15) is 4.31 Å². The summed E-state index contributed by atoms with van der Waals surface area (Å²) in [6.45, 7) is 4.31. The van der Waals surface area contributed by atoms with Gasteiger partial charge >= 0.3 is 0 Å². The number of anilines is 1. The van der Waals surface area contributed by atoms with E-state index in [0.29, 0.717) is 18.0 Å². The van der Waals surface area contributed by atoms with Crippen molar-refractivity contribution in [3.8, 4) is 11.3 Å². The van der Waals surface area contributed by atoms with Crippen LogP contribution in [0.15, 0.2) is 57.6 Å². The molecular formula is C24H27N3O5S3. The van der Waals surface area contributed by atoms with Crippen LogP contribution >= 0.6 is 11.3 Å². The summed E-state index contributed by atoms with van der Waals surface area (Å²) in [5.41, 5.74) is 4.09. The lowest BCUT2D eigenvalue weighted by atomic mass is 9.97. The molecule has 3 aromatic rings. The van der Waals surface area contributed by atoms with Gasteiger partial charge in [-0.1, -0.05) is 35.9 Å². The van der Waals surface area contributed by atoms with Crippen LogP contribution in [0, 0.1) is 19.8 Å². The smallest absolute Gasteiger partial charge is 0.244 e. The third-order valence-corrected chi connectivity index (χ3v) is 10.1. The Balaban J connectivity index is 1.42. The summed E-state index contributed by atoms with van der Waals surface area (Å²) in [4.78, 5) is 17.0. The van der Waals surface area contributed by atoms with Crippen LogP contribution in [0.1, 0.15) is 24.0 Å². The Bertz CT molecular complexity index is 1470.